The van der Waals surface area contributed by atoms with Crippen LogP contribution in [0.1, 0.15) is 15.9 Å². The molecule has 2 aromatic rings. The summed E-state index contributed by atoms with van der Waals surface area (Å²) in [6.07, 6.45) is 0. The number of hydrogen-bond donors (Lipinski definition) is 1. The third kappa shape index (κ3) is 2.96. The molecule has 0 aliphatic rings. The largest absolute Gasteiger partial charge is 0.399 e. The van der Waals surface area contributed by atoms with E-state index >= 15 is 0 Å². The molecule has 0 saturated heterocycles. The third-order valence-electron chi connectivity index (χ3n) is 3.00. The smallest absolute Gasteiger partial charge is 0.258 e. The molecule has 4 heteroatoms. The molecule has 2 aromatic carbocycles. The monoisotopic (exact) mass is 318 g/mol. The summed E-state index contributed by atoms with van der Waals surface area (Å²) < 4.78 is 0.934. The second kappa shape index (κ2) is 5.45. The molecule has 98 valence electrons. The standard InChI is InChI=1S/C15H15BrN2O/c1-10-3-4-11(9-14(10)16)15(19)18(2)13-7-5-12(17)6-8-13/h3-9H,17H2,1-2H3. The van der Waals surface area contributed by atoms with Gasteiger partial charge in [-0.05, 0) is 48.9 Å². The molecule has 0 aromatic heterocycles. The maximum atomic E-state index is 12.4. The van der Waals surface area contributed by atoms with Gasteiger partial charge in [-0.2, -0.15) is 0 Å². The lowest BCUT2D eigenvalue weighted by Crippen LogP contribution is -2.26. The van der Waals surface area contributed by atoms with E-state index in [0.717, 1.165) is 15.7 Å². The number of halogens is 1. The van der Waals surface area contributed by atoms with Crippen molar-refractivity contribution in [3.8, 4) is 0 Å². The summed E-state index contributed by atoms with van der Waals surface area (Å²) in [7, 11) is 1.75. The van der Waals surface area contributed by atoms with Gasteiger partial charge in [0.25, 0.3) is 5.91 Å². The number of benzene rings is 2. The van der Waals surface area contributed by atoms with E-state index in [9.17, 15) is 4.79 Å². The van der Waals surface area contributed by atoms with Gasteiger partial charge in [0.2, 0.25) is 0 Å². The zero-order valence-corrected chi connectivity index (χ0v) is 12.4. The average Bonchev–Trinajstić information content (AvgIpc) is 2.41. The Balaban J connectivity index is 2.28. The summed E-state index contributed by atoms with van der Waals surface area (Å²) in [6.45, 7) is 1.99. The van der Waals surface area contributed by atoms with E-state index in [1.165, 1.54) is 0 Å². The molecule has 0 aliphatic carbocycles. The van der Waals surface area contributed by atoms with Crippen LogP contribution >= 0.6 is 15.9 Å². The van der Waals surface area contributed by atoms with Gasteiger partial charge in [-0.1, -0.05) is 22.0 Å². The van der Waals surface area contributed by atoms with Crippen LogP contribution in [0, 0.1) is 6.92 Å². The summed E-state index contributed by atoms with van der Waals surface area (Å²) in [5.74, 6) is -0.0505. The first-order valence-electron chi connectivity index (χ1n) is 5.89. The Morgan fingerprint density at radius 3 is 2.37 bits per heavy atom. The summed E-state index contributed by atoms with van der Waals surface area (Å²) in [5.41, 5.74) is 8.89. The molecular formula is C15H15BrN2O. The Hall–Kier alpha value is -1.81. The van der Waals surface area contributed by atoms with Crippen molar-refractivity contribution in [1.29, 1.82) is 0 Å². The molecule has 0 atom stereocenters. The number of anilines is 2. The highest BCUT2D eigenvalue weighted by Gasteiger charge is 2.14. The van der Waals surface area contributed by atoms with Crippen LogP contribution in [0.2, 0.25) is 0 Å². The highest BCUT2D eigenvalue weighted by atomic mass is 79.9. The minimum Gasteiger partial charge on any atom is -0.399 e. The van der Waals surface area contributed by atoms with Crippen LogP contribution in [-0.2, 0) is 0 Å². The van der Waals surface area contributed by atoms with E-state index in [1.54, 1.807) is 24.1 Å². The van der Waals surface area contributed by atoms with Gasteiger partial charge in [0.15, 0.2) is 0 Å². The zero-order chi connectivity index (χ0) is 14.0. The number of nitrogens with zero attached hydrogens (tertiary/aromatic N) is 1. The fraction of sp³-hybridized carbons (Fsp3) is 0.133. The normalized spacial score (nSPS) is 10.3. The summed E-state index contributed by atoms with van der Waals surface area (Å²) in [6, 6.07) is 12.8. The molecule has 0 spiro atoms. The average molecular weight is 319 g/mol. The first-order chi connectivity index (χ1) is 8.99. The molecule has 0 heterocycles. The fourth-order valence-electron chi connectivity index (χ4n) is 1.73. The molecule has 0 fully saturated rings. The van der Waals surface area contributed by atoms with Crippen molar-refractivity contribution in [3.63, 3.8) is 0 Å². The topological polar surface area (TPSA) is 46.3 Å². The maximum absolute atomic E-state index is 12.4. The van der Waals surface area contributed by atoms with E-state index in [1.807, 2.05) is 37.3 Å². The highest BCUT2D eigenvalue weighted by molar-refractivity contribution is 9.10. The number of carbonyl (C=O) groups is 1. The molecular weight excluding hydrogens is 304 g/mol. The second-order valence-electron chi connectivity index (χ2n) is 4.42. The Bertz CT molecular complexity index is 608. The Morgan fingerprint density at radius 2 is 1.79 bits per heavy atom. The fourth-order valence-corrected chi connectivity index (χ4v) is 2.11. The predicted octanol–water partition coefficient (Wildman–Crippen LogP) is 3.62. The molecule has 0 saturated carbocycles. The summed E-state index contributed by atoms with van der Waals surface area (Å²) in [4.78, 5) is 14.0. The number of aryl methyl sites for hydroxylation is 1. The summed E-state index contributed by atoms with van der Waals surface area (Å²) in [5, 5.41) is 0. The number of carbonyl (C=O) groups excluding carboxylic acids is 1. The lowest BCUT2D eigenvalue weighted by atomic mass is 10.1. The Labute approximate surface area is 121 Å². The van der Waals surface area contributed by atoms with Crippen molar-refractivity contribution in [1.82, 2.24) is 0 Å². The highest BCUT2D eigenvalue weighted by Crippen LogP contribution is 2.21. The molecule has 0 bridgehead atoms. The zero-order valence-electron chi connectivity index (χ0n) is 10.9. The predicted molar refractivity (Wildman–Crippen MR) is 82.5 cm³/mol. The van der Waals surface area contributed by atoms with Crippen LogP contribution in [-0.4, -0.2) is 13.0 Å². The number of rotatable bonds is 2. The van der Waals surface area contributed by atoms with Crippen LogP contribution < -0.4 is 10.6 Å². The molecule has 3 nitrogen and oxygen atoms in total. The number of amides is 1. The van der Waals surface area contributed by atoms with Gasteiger partial charge in [-0.15, -0.1) is 0 Å². The van der Waals surface area contributed by atoms with Crippen molar-refractivity contribution in [2.75, 3.05) is 17.7 Å². The van der Waals surface area contributed by atoms with Crippen LogP contribution in [0.5, 0.6) is 0 Å². The lowest BCUT2D eigenvalue weighted by molar-refractivity contribution is 0.0993. The number of hydrogen-bond acceptors (Lipinski definition) is 2. The van der Waals surface area contributed by atoms with E-state index in [2.05, 4.69) is 15.9 Å². The van der Waals surface area contributed by atoms with E-state index in [0.29, 0.717) is 11.3 Å². The van der Waals surface area contributed by atoms with E-state index < -0.39 is 0 Å². The summed E-state index contributed by atoms with van der Waals surface area (Å²) >= 11 is 3.44. The van der Waals surface area contributed by atoms with Crippen LogP contribution in [0.3, 0.4) is 0 Å². The van der Waals surface area contributed by atoms with Gasteiger partial charge in [0, 0.05) is 28.5 Å². The number of nitrogens with two attached hydrogens (primary N) is 1. The van der Waals surface area contributed by atoms with Gasteiger partial charge in [-0.3, -0.25) is 4.79 Å². The van der Waals surface area contributed by atoms with Gasteiger partial charge >= 0.3 is 0 Å². The SMILES string of the molecule is Cc1ccc(C(=O)N(C)c2ccc(N)cc2)cc1Br. The number of nitrogen functional groups attached to an aromatic ring is 1. The van der Waals surface area contributed by atoms with Gasteiger partial charge in [0.05, 0.1) is 0 Å². The van der Waals surface area contributed by atoms with Gasteiger partial charge in [0.1, 0.15) is 0 Å². The van der Waals surface area contributed by atoms with Crippen molar-refractivity contribution < 1.29 is 4.79 Å². The first kappa shape index (κ1) is 13.6. The van der Waals surface area contributed by atoms with Gasteiger partial charge in [-0.25, -0.2) is 0 Å². The first-order valence-corrected chi connectivity index (χ1v) is 6.68. The molecule has 2 N–H and O–H groups in total. The minimum atomic E-state index is -0.0505. The van der Waals surface area contributed by atoms with Crippen molar-refractivity contribution >= 4 is 33.2 Å². The van der Waals surface area contributed by atoms with Crippen LogP contribution in [0.15, 0.2) is 46.9 Å². The van der Waals surface area contributed by atoms with Crippen molar-refractivity contribution in [2.24, 2.45) is 0 Å². The molecule has 2 rings (SSSR count). The van der Waals surface area contributed by atoms with Crippen LogP contribution in [0.25, 0.3) is 0 Å². The Kier molecular flexibility index (Phi) is 3.90. The molecule has 1 amide bonds. The maximum Gasteiger partial charge on any atom is 0.258 e. The van der Waals surface area contributed by atoms with Crippen molar-refractivity contribution in [3.05, 3.63) is 58.1 Å². The second-order valence-corrected chi connectivity index (χ2v) is 5.27. The molecule has 19 heavy (non-hydrogen) atoms. The van der Waals surface area contributed by atoms with E-state index in [-0.39, 0.29) is 5.91 Å². The molecule has 0 aliphatic heterocycles. The van der Waals surface area contributed by atoms with E-state index in [4.69, 9.17) is 5.73 Å². The molecule has 0 radical (unpaired) electrons. The quantitative estimate of drug-likeness (QED) is 0.860. The van der Waals surface area contributed by atoms with Gasteiger partial charge < -0.3 is 10.6 Å². The molecule has 0 unspecified atom stereocenters. The van der Waals surface area contributed by atoms with Crippen molar-refractivity contribution in [2.45, 2.75) is 6.92 Å². The minimum absolute atomic E-state index is 0.0505. The third-order valence-corrected chi connectivity index (χ3v) is 3.86. The van der Waals surface area contributed by atoms with Crippen LogP contribution in [0.4, 0.5) is 11.4 Å². The Morgan fingerprint density at radius 1 is 1.16 bits per heavy atom. The lowest BCUT2D eigenvalue weighted by Gasteiger charge is -2.18.